The Labute approximate surface area is 204 Å². The van der Waals surface area contributed by atoms with Crippen molar-refractivity contribution >= 4 is 23.7 Å². The van der Waals surface area contributed by atoms with Crippen LogP contribution in [0.15, 0.2) is 60.9 Å². The zero-order chi connectivity index (χ0) is 24.2. The minimum absolute atomic E-state index is 0.000644. The van der Waals surface area contributed by atoms with Crippen LogP contribution in [-0.2, 0) is 14.3 Å². The Bertz CT molecular complexity index is 1150. The van der Waals surface area contributed by atoms with Crippen molar-refractivity contribution in [1.29, 1.82) is 0 Å². The van der Waals surface area contributed by atoms with Gasteiger partial charge in [0.15, 0.2) is 0 Å². The van der Waals surface area contributed by atoms with E-state index in [0.717, 1.165) is 55.8 Å². The van der Waals surface area contributed by atoms with E-state index in [-0.39, 0.29) is 24.1 Å². The SMILES string of the molecule is CC(OC(=O)Nc1ccnn1-c1ccc(N2CCC(OC(=O)C3CC3)CC2)nc1)c1ccccc1. The molecule has 0 spiro atoms. The summed E-state index contributed by atoms with van der Waals surface area (Å²) >= 11 is 0. The van der Waals surface area contributed by atoms with Gasteiger partial charge in [-0.25, -0.2) is 14.5 Å². The number of anilines is 2. The smallest absolute Gasteiger partial charge is 0.413 e. The average molecular weight is 476 g/mol. The maximum Gasteiger partial charge on any atom is 0.413 e. The van der Waals surface area contributed by atoms with Gasteiger partial charge in [0.25, 0.3) is 0 Å². The van der Waals surface area contributed by atoms with Gasteiger partial charge in [0.05, 0.1) is 24.0 Å². The van der Waals surface area contributed by atoms with E-state index in [1.807, 2.05) is 49.4 Å². The first kappa shape index (κ1) is 22.9. The zero-order valence-electron chi connectivity index (χ0n) is 19.7. The number of hydrogen-bond acceptors (Lipinski definition) is 7. The van der Waals surface area contributed by atoms with Crippen LogP contribution in [0.4, 0.5) is 16.4 Å². The molecule has 182 valence electrons. The van der Waals surface area contributed by atoms with E-state index < -0.39 is 6.09 Å². The second-order valence-electron chi connectivity index (χ2n) is 8.98. The number of rotatable bonds is 7. The van der Waals surface area contributed by atoms with Crippen LogP contribution < -0.4 is 10.2 Å². The highest BCUT2D eigenvalue weighted by atomic mass is 16.6. The molecule has 1 N–H and O–H groups in total. The lowest BCUT2D eigenvalue weighted by atomic mass is 10.1. The summed E-state index contributed by atoms with van der Waals surface area (Å²) in [6.45, 7) is 3.40. The van der Waals surface area contributed by atoms with Gasteiger partial charge < -0.3 is 14.4 Å². The van der Waals surface area contributed by atoms with Crippen molar-refractivity contribution in [2.24, 2.45) is 5.92 Å². The van der Waals surface area contributed by atoms with Crippen molar-refractivity contribution < 1.29 is 19.1 Å². The van der Waals surface area contributed by atoms with Crippen LogP contribution in [0.2, 0.25) is 0 Å². The number of ether oxygens (including phenoxy) is 2. The van der Waals surface area contributed by atoms with E-state index >= 15 is 0 Å². The highest BCUT2D eigenvalue weighted by molar-refractivity contribution is 5.84. The molecular formula is C26H29N5O4. The van der Waals surface area contributed by atoms with Gasteiger partial charge in [0.1, 0.15) is 23.8 Å². The van der Waals surface area contributed by atoms with Gasteiger partial charge in [0, 0.05) is 32.0 Å². The van der Waals surface area contributed by atoms with Crippen molar-refractivity contribution in [3.63, 3.8) is 0 Å². The zero-order valence-corrected chi connectivity index (χ0v) is 19.7. The van der Waals surface area contributed by atoms with Crippen LogP contribution in [0.25, 0.3) is 5.69 Å². The first-order chi connectivity index (χ1) is 17.1. The highest BCUT2D eigenvalue weighted by Crippen LogP contribution is 2.31. The maximum absolute atomic E-state index is 12.4. The predicted octanol–water partition coefficient (Wildman–Crippen LogP) is 4.50. The highest BCUT2D eigenvalue weighted by Gasteiger charge is 2.33. The van der Waals surface area contributed by atoms with Gasteiger partial charge in [-0.1, -0.05) is 30.3 Å². The molecule has 3 aromatic rings. The van der Waals surface area contributed by atoms with Crippen LogP contribution in [0.1, 0.15) is 44.3 Å². The quantitative estimate of drug-likeness (QED) is 0.503. The number of pyridine rings is 1. The van der Waals surface area contributed by atoms with Crippen LogP contribution in [-0.4, -0.2) is 46.0 Å². The van der Waals surface area contributed by atoms with E-state index in [4.69, 9.17) is 9.47 Å². The molecule has 1 aliphatic heterocycles. The number of carbonyl (C=O) groups excluding carboxylic acids is 2. The van der Waals surface area contributed by atoms with Crippen LogP contribution in [0, 0.1) is 5.92 Å². The lowest BCUT2D eigenvalue weighted by molar-refractivity contribution is -0.151. The molecule has 1 saturated heterocycles. The number of nitrogens with zero attached hydrogens (tertiary/aromatic N) is 4. The van der Waals surface area contributed by atoms with Crippen molar-refractivity contribution in [2.45, 2.75) is 44.8 Å². The van der Waals surface area contributed by atoms with Gasteiger partial charge in [-0.15, -0.1) is 0 Å². The van der Waals surface area contributed by atoms with Gasteiger partial charge in [-0.05, 0) is 37.5 Å². The number of nitrogens with one attached hydrogen (secondary N) is 1. The lowest BCUT2D eigenvalue weighted by Crippen LogP contribution is -2.38. The molecule has 1 unspecified atom stereocenters. The molecule has 2 aliphatic rings. The lowest BCUT2D eigenvalue weighted by Gasteiger charge is -2.32. The monoisotopic (exact) mass is 475 g/mol. The van der Waals surface area contributed by atoms with E-state index in [0.29, 0.717) is 5.82 Å². The minimum Gasteiger partial charge on any atom is -0.462 e. The molecule has 1 aliphatic carbocycles. The molecule has 5 rings (SSSR count). The normalized spacial score (nSPS) is 17.0. The Morgan fingerprint density at radius 1 is 1.03 bits per heavy atom. The summed E-state index contributed by atoms with van der Waals surface area (Å²) in [5.41, 5.74) is 1.64. The van der Waals surface area contributed by atoms with Crippen LogP contribution >= 0.6 is 0 Å². The molecule has 3 heterocycles. The number of piperidine rings is 1. The molecular weight excluding hydrogens is 446 g/mol. The molecule has 1 amide bonds. The Morgan fingerprint density at radius 3 is 2.49 bits per heavy atom. The van der Waals surface area contributed by atoms with Crippen molar-refractivity contribution in [1.82, 2.24) is 14.8 Å². The number of amides is 1. The largest absolute Gasteiger partial charge is 0.462 e. The Hall–Kier alpha value is -3.88. The average Bonchev–Trinajstić information content (AvgIpc) is 3.64. The van der Waals surface area contributed by atoms with E-state index in [1.54, 1.807) is 23.1 Å². The fraction of sp³-hybridized carbons (Fsp3) is 0.385. The van der Waals surface area contributed by atoms with Gasteiger partial charge in [-0.3, -0.25) is 10.1 Å². The Kier molecular flexibility index (Phi) is 6.65. The van der Waals surface area contributed by atoms with Gasteiger partial charge in [-0.2, -0.15) is 5.10 Å². The van der Waals surface area contributed by atoms with Crippen molar-refractivity contribution in [2.75, 3.05) is 23.3 Å². The molecule has 1 atom stereocenters. The molecule has 0 bridgehead atoms. The van der Waals surface area contributed by atoms with Crippen molar-refractivity contribution in [3.8, 4) is 5.69 Å². The second kappa shape index (κ2) is 10.2. The van der Waals surface area contributed by atoms with E-state index in [1.165, 1.54) is 0 Å². The fourth-order valence-corrected chi connectivity index (χ4v) is 4.16. The fourth-order valence-electron chi connectivity index (χ4n) is 4.16. The third-order valence-electron chi connectivity index (χ3n) is 6.36. The van der Waals surface area contributed by atoms with Crippen LogP contribution in [0.5, 0.6) is 0 Å². The summed E-state index contributed by atoms with van der Waals surface area (Å²) in [6, 6.07) is 15.1. The number of hydrogen-bond donors (Lipinski definition) is 1. The number of benzene rings is 1. The van der Waals surface area contributed by atoms with Crippen LogP contribution in [0.3, 0.4) is 0 Å². The minimum atomic E-state index is -0.557. The summed E-state index contributed by atoms with van der Waals surface area (Å²) in [5.74, 6) is 1.45. The molecule has 0 radical (unpaired) electrons. The van der Waals surface area contributed by atoms with Gasteiger partial charge >= 0.3 is 12.1 Å². The molecule has 2 aromatic heterocycles. The van der Waals surface area contributed by atoms with Gasteiger partial charge in [0.2, 0.25) is 0 Å². The summed E-state index contributed by atoms with van der Waals surface area (Å²) in [4.78, 5) is 31.1. The number of aromatic nitrogens is 3. The first-order valence-electron chi connectivity index (χ1n) is 12.1. The number of carbonyl (C=O) groups is 2. The topological polar surface area (TPSA) is 98.6 Å². The maximum atomic E-state index is 12.4. The molecule has 9 heteroatoms. The second-order valence-corrected chi connectivity index (χ2v) is 8.98. The molecule has 1 saturated carbocycles. The number of esters is 1. The summed E-state index contributed by atoms with van der Waals surface area (Å²) in [5, 5.41) is 7.08. The molecule has 35 heavy (non-hydrogen) atoms. The van der Waals surface area contributed by atoms with E-state index in [9.17, 15) is 9.59 Å². The summed E-state index contributed by atoms with van der Waals surface area (Å²) in [6.07, 6.45) is 5.94. The Morgan fingerprint density at radius 2 is 1.80 bits per heavy atom. The van der Waals surface area contributed by atoms with E-state index in [2.05, 4.69) is 20.3 Å². The summed E-state index contributed by atoms with van der Waals surface area (Å²) in [7, 11) is 0. The molecule has 9 nitrogen and oxygen atoms in total. The standard InChI is InChI=1S/C26H29N5O4/c1-18(19-5-3-2-4-6-19)34-26(33)29-24-11-14-28-31(24)21-9-10-23(27-17-21)30-15-12-22(13-16-30)35-25(32)20-7-8-20/h2-6,9-11,14,17-18,20,22H,7-8,12-13,15-16H2,1H3,(H,29,33). The Balaban J connectivity index is 1.16. The third-order valence-corrected chi connectivity index (χ3v) is 6.36. The molecule has 2 fully saturated rings. The third kappa shape index (κ3) is 5.62. The molecule has 1 aromatic carbocycles. The summed E-state index contributed by atoms with van der Waals surface area (Å²) < 4.78 is 12.7. The predicted molar refractivity (Wildman–Crippen MR) is 130 cm³/mol. The first-order valence-corrected chi connectivity index (χ1v) is 12.1. The van der Waals surface area contributed by atoms with Crippen molar-refractivity contribution in [3.05, 3.63) is 66.5 Å².